The van der Waals surface area contributed by atoms with Crippen LogP contribution in [0.2, 0.25) is 0 Å². The van der Waals surface area contributed by atoms with Crippen molar-refractivity contribution in [2.45, 2.75) is 44.2 Å². The van der Waals surface area contributed by atoms with Crippen LogP contribution >= 0.6 is 23.1 Å². The molecule has 5 rings (SSSR count). The third-order valence-corrected chi connectivity index (χ3v) is 8.75. The van der Waals surface area contributed by atoms with Gasteiger partial charge in [0.05, 0.1) is 17.9 Å². The second-order valence-corrected chi connectivity index (χ2v) is 11.9. The quantitative estimate of drug-likeness (QED) is 0.0971. The highest BCUT2D eigenvalue weighted by molar-refractivity contribution is 7.98. The van der Waals surface area contributed by atoms with Gasteiger partial charge in [0.15, 0.2) is 6.61 Å². The lowest BCUT2D eigenvalue weighted by Crippen LogP contribution is -2.14. The second kappa shape index (κ2) is 14.2. The number of carbonyl (C=O) groups is 1. The normalized spacial score (nSPS) is 11.4. The van der Waals surface area contributed by atoms with Gasteiger partial charge in [-0.2, -0.15) is 18.2 Å². The number of thiazole rings is 1. The van der Waals surface area contributed by atoms with Crippen LogP contribution in [0.15, 0.2) is 76.1 Å². The zero-order valence-corrected chi connectivity index (χ0v) is 26.1. The largest absolute Gasteiger partial charge is 0.487 e. The van der Waals surface area contributed by atoms with Crippen molar-refractivity contribution in [3.8, 4) is 33.5 Å². The Hall–Kier alpha value is -4.36. The molecule has 0 aliphatic heterocycles. The summed E-state index contributed by atoms with van der Waals surface area (Å²) < 4.78 is 61.1. The standard InChI is InChI=1S/C32H28F3N3O5S2/c1-4-40-29(39)17-42-27-13-12-25(14-19(27)2)44-18-28-26(37-31(45-28)21-8-10-23(11-9-21)32(33,34)35)16-41-24-7-5-6-22(15-24)30-36-20(3)43-38-30/h5-15H,4,16-18H2,1-3H3. The highest BCUT2D eigenvalue weighted by Gasteiger charge is 2.30. The first-order chi connectivity index (χ1) is 21.6. The Balaban J connectivity index is 1.34. The molecule has 13 heteroatoms. The van der Waals surface area contributed by atoms with Crippen LogP contribution in [0.3, 0.4) is 0 Å². The first-order valence-electron chi connectivity index (χ1n) is 13.8. The summed E-state index contributed by atoms with van der Waals surface area (Å²) >= 11 is 2.98. The Morgan fingerprint density at radius 2 is 1.78 bits per heavy atom. The van der Waals surface area contributed by atoms with E-state index in [1.165, 1.54) is 23.5 Å². The van der Waals surface area contributed by atoms with Crippen LogP contribution in [0.4, 0.5) is 13.2 Å². The van der Waals surface area contributed by atoms with Crippen molar-refractivity contribution in [1.82, 2.24) is 15.1 Å². The summed E-state index contributed by atoms with van der Waals surface area (Å²) in [4.78, 5) is 22.6. The monoisotopic (exact) mass is 655 g/mol. The van der Waals surface area contributed by atoms with Crippen molar-refractivity contribution < 1.29 is 36.7 Å². The minimum atomic E-state index is -4.42. The number of ether oxygens (including phenoxy) is 3. The molecule has 0 bridgehead atoms. The Bertz CT molecular complexity index is 1770. The summed E-state index contributed by atoms with van der Waals surface area (Å²) in [5.41, 5.74) is 2.13. The number of halogens is 3. The zero-order chi connectivity index (χ0) is 32.0. The maximum Gasteiger partial charge on any atom is 0.416 e. The minimum Gasteiger partial charge on any atom is -0.487 e. The highest BCUT2D eigenvalue weighted by atomic mass is 32.2. The minimum absolute atomic E-state index is 0.140. The Morgan fingerprint density at radius 3 is 2.47 bits per heavy atom. The predicted molar refractivity (Wildman–Crippen MR) is 164 cm³/mol. The van der Waals surface area contributed by atoms with Crippen molar-refractivity contribution in [2.75, 3.05) is 13.2 Å². The number of aryl methyl sites for hydroxylation is 2. The van der Waals surface area contributed by atoms with Crippen LogP contribution in [-0.4, -0.2) is 34.3 Å². The van der Waals surface area contributed by atoms with Gasteiger partial charge in [0.25, 0.3) is 0 Å². The predicted octanol–water partition coefficient (Wildman–Crippen LogP) is 8.31. The first-order valence-corrected chi connectivity index (χ1v) is 15.6. The maximum absolute atomic E-state index is 13.1. The van der Waals surface area contributed by atoms with E-state index in [1.807, 2.05) is 37.3 Å². The van der Waals surface area contributed by atoms with Gasteiger partial charge in [-0.1, -0.05) is 29.4 Å². The van der Waals surface area contributed by atoms with E-state index < -0.39 is 17.7 Å². The number of aromatic nitrogens is 3. The van der Waals surface area contributed by atoms with E-state index >= 15 is 0 Å². The fourth-order valence-electron chi connectivity index (χ4n) is 4.19. The molecular weight excluding hydrogens is 627 g/mol. The van der Waals surface area contributed by atoms with E-state index in [1.54, 1.807) is 37.7 Å². The molecule has 0 atom stereocenters. The first kappa shape index (κ1) is 32.0. The lowest BCUT2D eigenvalue weighted by molar-refractivity contribution is -0.145. The molecule has 0 radical (unpaired) electrons. The molecule has 234 valence electrons. The molecule has 0 saturated heterocycles. The zero-order valence-electron chi connectivity index (χ0n) is 24.5. The van der Waals surface area contributed by atoms with Crippen molar-refractivity contribution in [3.05, 3.63) is 94.3 Å². The average Bonchev–Trinajstić information content (AvgIpc) is 3.64. The van der Waals surface area contributed by atoms with E-state index in [2.05, 4.69) is 10.1 Å². The van der Waals surface area contributed by atoms with Gasteiger partial charge in [0.1, 0.15) is 23.1 Å². The number of hydrogen-bond acceptors (Lipinski definition) is 10. The molecule has 0 saturated carbocycles. The van der Waals surface area contributed by atoms with E-state index in [9.17, 15) is 18.0 Å². The number of benzene rings is 3. The van der Waals surface area contributed by atoms with E-state index in [4.69, 9.17) is 23.7 Å². The lowest BCUT2D eigenvalue weighted by atomic mass is 10.1. The summed E-state index contributed by atoms with van der Waals surface area (Å²) in [6.07, 6.45) is -4.42. The number of hydrogen-bond donors (Lipinski definition) is 0. The summed E-state index contributed by atoms with van der Waals surface area (Å²) in [5.74, 6) is 2.16. The molecule has 5 aromatic rings. The summed E-state index contributed by atoms with van der Waals surface area (Å²) in [7, 11) is 0. The molecule has 2 aromatic heterocycles. The molecule has 0 unspecified atom stereocenters. The Kier molecular flexibility index (Phi) is 10.1. The average molecular weight is 656 g/mol. The second-order valence-electron chi connectivity index (χ2n) is 9.73. The highest BCUT2D eigenvalue weighted by Crippen LogP contribution is 2.36. The van der Waals surface area contributed by atoms with Crippen molar-refractivity contribution in [1.29, 1.82) is 0 Å². The number of carbonyl (C=O) groups excluding carboxylic acids is 1. The molecule has 0 aliphatic rings. The SMILES string of the molecule is CCOC(=O)COc1ccc(SCc2sc(-c3ccc(C(F)(F)F)cc3)nc2COc2cccc(-c3noc(C)n3)c2)cc1C. The van der Waals surface area contributed by atoms with Gasteiger partial charge in [-0.15, -0.1) is 23.1 Å². The third-order valence-electron chi connectivity index (χ3n) is 6.40. The number of thioether (sulfide) groups is 1. The van der Waals surface area contributed by atoms with Crippen molar-refractivity contribution >= 4 is 29.1 Å². The fourth-order valence-corrected chi connectivity index (χ4v) is 6.36. The van der Waals surface area contributed by atoms with Crippen LogP contribution in [0.25, 0.3) is 22.0 Å². The number of esters is 1. The number of nitrogens with zero attached hydrogens (tertiary/aromatic N) is 3. The molecule has 0 N–H and O–H groups in total. The summed E-state index contributed by atoms with van der Waals surface area (Å²) in [5, 5.41) is 4.54. The van der Waals surface area contributed by atoms with Crippen LogP contribution in [0.5, 0.6) is 11.5 Å². The number of rotatable bonds is 12. The fraction of sp³-hybridized carbons (Fsp3) is 0.250. The molecule has 8 nitrogen and oxygen atoms in total. The molecule has 0 amide bonds. The molecule has 0 aliphatic carbocycles. The van der Waals surface area contributed by atoms with Crippen molar-refractivity contribution in [2.24, 2.45) is 0 Å². The topological polar surface area (TPSA) is 96.6 Å². The molecule has 0 spiro atoms. The molecule has 0 fully saturated rings. The van der Waals surface area contributed by atoms with Gasteiger partial charge in [0.2, 0.25) is 11.7 Å². The molecule has 2 heterocycles. The van der Waals surface area contributed by atoms with Gasteiger partial charge in [-0.05, 0) is 61.9 Å². The van der Waals surface area contributed by atoms with Crippen LogP contribution < -0.4 is 9.47 Å². The van der Waals surface area contributed by atoms with Crippen LogP contribution in [-0.2, 0) is 28.1 Å². The van der Waals surface area contributed by atoms with Gasteiger partial charge < -0.3 is 18.7 Å². The summed E-state index contributed by atoms with van der Waals surface area (Å²) in [6.45, 7) is 5.59. The van der Waals surface area contributed by atoms with Crippen LogP contribution in [0, 0.1) is 13.8 Å². The van der Waals surface area contributed by atoms with E-state index in [0.717, 1.165) is 33.0 Å². The van der Waals surface area contributed by atoms with Crippen molar-refractivity contribution in [3.63, 3.8) is 0 Å². The lowest BCUT2D eigenvalue weighted by Gasteiger charge is -2.10. The van der Waals surface area contributed by atoms with Gasteiger partial charge in [-0.25, -0.2) is 9.78 Å². The maximum atomic E-state index is 13.1. The smallest absolute Gasteiger partial charge is 0.416 e. The number of alkyl halides is 3. The molecule has 3 aromatic carbocycles. The Morgan fingerprint density at radius 1 is 0.978 bits per heavy atom. The third kappa shape index (κ3) is 8.43. The van der Waals surface area contributed by atoms with Crippen LogP contribution in [0.1, 0.15) is 34.5 Å². The van der Waals surface area contributed by atoms with Gasteiger partial charge in [-0.3, -0.25) is 0 Å². The van der Waals surface area contributed by atoms with Gasteiger partial charge >= 0.3 is 12.1 Å². The van der Waals surface area contributed by atoms with E-state index in [0.29, 0.717) is 45.2 Å². The van der Waals surface area contributed by atoms with Gasteiger partial charge in [0, 0.05) is 33.6 Å². The summed E-state index contributed by atoms with van der Waals surface area (Å²) in [6, 6.07) is 17.9. The van der Waals surface area contributed by atoms with E-state index in [-0.39, 0.29) is 19.8 Å². The Labute approximate surface area is 265 Å². The molecular formula is C32H28F3N3O5S2. The molecule has 45 heavy (non-hydrogen) atoms.